The van der Waals surface area contributed by atoms with E-state index in [0.717, 1.165) is 34.9 Å². The van der Waals surface area contributed by atoms with E-state index in [-0.39, 0.29) is 6.61 Å². The van der Waals surface area contributed by atoms with Crippen LogP contribution in [0.4, 0.5) is 16.2 Å². The van der Waals surface area contributed by atoms with Gasteiger partial charge in [-0.15, -0.1) is 11.3 Å². The molecule has 0 bridgehead atoms. The smallest absolute Gasteiger partial charge is 0.411 e. The first-order valence-corrected chi connectivity index (χ1v) is 10.4. The lowest BCUT2D eigenvalue weighted by Crippen LogP contribution is -2.22. The molecule has 0 aliphatic heterocycles. The summed E-state index contributed by atoms with van der Waals surface area (Å²) in [7, 11) is 0. The fourth-order valence-electron chi connectivity index (χ4n) is 3.07. The summed E-state index contributed by atoms with van der Waals surface area (Å²) in [6.45, 7) is 8.44. The molecule has 2 aromatic carbocycles. The van der Waals surface area contributed by atoms with Crippen molar-refractivity contribution in [2.24, 2.45) is 0 Å². The second kappa shape index (κ2) is 9.42. The molecule has 1 heterocycles. The lowest BCUT2D eigenvalue weighted by atomic mass is 10.1. The molecule has 0 saturated carbocycles. The van der Waals surface area contributed by atoms with Gasteiger partial charge in [0.15, 0.2) is 0 Å². The number of ether oxygens (including phenoxy) is 1. The van der Waals surface area contributed by atoms with Crippen LogP contribution in [-0.4, -0.2) is 19.2 Å². The first-order valence-electron chi connectivity index (χ1n) is 9.54. The Labute approximate surface area is 170 Å². The fraction of sp³-hybridized carbons (Fsp3) is 0.261. The van der Waals surface area contributed by atoms with Gasteiger partial charge in [0.25, 0.3) is 0 Å². The summed E-state index contributed by atoms with van der Waals surface area (Å²) in [5.41, 5.74) is 4.13. The van der Waals surface area contributed by atoms with Crippen molar-refractivity contribution in [1.29, 1.82) is 0 Å². The molecule has 0 fully saturated rings. The van der Waals surface area contributed by atoms with Gasteiger partial charge in [-0.3, -0.25) is 5.32 Å². The van der Waals surface area contributed by atoms with Gasteiger partial charge in [-0.1, -0.05) is 30.3 Å². The molecular formula is C23H26N2O2S. The Morgan fingerprint density at radius 1 is 1.04 bits per heavy atom. The van der Waals surface area contributed by atoms with Crippen LogP contribution in [0.3, 0.4) is 0 Å². The topological polar surface area (TPSA) is 41.6 Å². The Morgan fingerprint density at radius 3 is 2.46 bits per heavy atom. The number of thiophene rings is 1. The van der Waals surface area contributed by atoms with Crippen LogP contribution in [0.15, 0.2) is 60.7 Å². The highest BCUT2D eigenvalue weighted by Gasteiger charge is 2.10. The minimum absolute atomic E-state index is 0.264. The number of rotatable bonds is 7. The molecule has 0 saturated heterocycles. The van der Waals surface area contributed by atoms with Crippen LogP contribution in [0.1, 0.15) is 24.3 Å². The van der Waals surface area contributed by atoms with Crippen molar-refractivity contribution in [2.75, 3.05) is 23.3 Å². The summed E-state index contributed by atoms with van der Waals surface area (Å²) in [5.74, 6) is 0. The molecular weight excluding hydrogens is 368 g/mol. The molecule has 3 rings (SSSR count). The number of carbonyl (C=O) groups excluding carboxylic acids is 1. The molecule has 3 aromatic rings. The molecule has 5 heteroatoms. The van der Waals surface area contributed by atoms with Gasteiger partial charge >= 0.3 is 6.09 Å². The Balaban J connectivity index is 1.57. The number of hydrogen-bond donors (Lipinski definition) is 1. The van der Waals surface area contributed by atoms with Crippen molar-refractivity contribution in [3.63, 3.8) is 0 Å². The van der Waals surface area contributed by atoms with Crippen molar-refractivity contribution in [1.82, 2.24) is 0 Å². The number of benzene rings is 2. The predicted octanol–water partition coefficient (Wildman–Crippen LogP) is 6.32. The third-order valence-electron chi connectivity index (χ3n) is 4.64. The summed E-state index contributed by atoms with van der Waals surface area (Å²) < 4.78 is 5.41. The van der Waals surface area contributed by atoms with Crippen LogP contribution in [0, 0.1) is 6.92 Å². The number of aryl methyl sites for hydroxylation is 1. The van der Waals surface area contributed by atoms with E-state index in [1.165, 1.54) is 10.4 Å². The number of nitrogens with zero attached hydrogens (tertiary/aromatic N) is 1. The zero-order valence-corrected chi connectivity index (χ0v) is 17.4. The van der Waals surface area contributed by atoms with E-state index >= 15 is 0 Å². The number of carbonyl (C=O) groups is 1. The molecule has 0 spiro atoms. The number of nitrogens with one attached hydrogen (secondary N) is 1. The molecule has 28 heavy (non-hydrogen) atoms. The molecule has 1 N–H and O–H groups in total. The normalized spacial score (nSPS) is 10.5. The van der Waals surface area contributed by atoms with E-state index in [1.54, 1.807) is 11.3 Å². The van der Waals surface area contributed by atoms with Crippen molar-refractivity contribution in [2.45, 2.75) is 27.4 Å². The monoisotopic (exact) mass is 394 g/mol. The molecule has 0 radical (unpaired) electrons. The second-order valence-corrected chi connectivity index (χ2v) is 7.67. The number of anilines is 2. The van der Waals surface area contributed by atoms with Gasteiger partial charge in [-0.25, -0.2) is 4.79 Å². The molecule has 4 nitrogen and oxygen atoms in total. The van der Waals surface area contributed by atoms with Gasteiger partial charge < -0.3 is 9.64 Å². The minimum Gasteiger partial charge on any atom is -0.444 e. The maximum absolute atomic E-state index is 12.2. The van der Waals surface area contributed by atoms with Crippen molar-refractivity contribution < 1.29 is 9.53 Å². The lowest BCUT2D eigenvalue weighted by molar-refractivity contribution is 0.156. The van der Waals surface area contributed by atoms with E-state index in [1.807, 2.05) is 43.3 Å². The van der Waals surface area contributed by atoms with Gasteiger partial charge in [0.05, 0.1) is 0 Å². The van der Waals surface area contributed by atoms with E-state index < -0.39 is 6.09 Å². The summed E-state index contributed by atoms with van der Waals surface area (Å²) in [5, 5.41) is 2.85. The Kier molecular flexibility index (Phi) is 6.71. The van der Waals surface area contributed by atoms with Crippen LogP contribution in [0.5, 0.6) is 0 Å². The predicted molar refractivity (Wildman–Crippen MR) is 118 cm³/mol. The molecule has 0 atom stereocenters. The highest BCUT2D eigenvalue weighted by atomic mass is 32.1. The third kappa shape index (κ3) is 4.93. The summed E-state index contributed by atoms with van der Waals surface area (Å²) >= 11 is 1.64. The van der Waals surface area contributed by atoms with Crippen molar-refractivity contribution in [3.8, 4) is 10.4 Å². The summed E-state index contributed by atoms with van der Waals surface area (Å²) in [6.07, 6.45) is -0.437. The molecule has 1 aromatic heterocycles. The summed E-state index contributed by atoms with van der Waals surface area (Å²) in [4.78, 5) is 16.7. The average Bonchev–Trinajstić information content (AvgIpc) is 3.19. The second-order valence-electron chi connectivity index (χ2n) is 6.50. The highest BCUT2D eigenvalue weighted by molar-refractivity contribution is 7.15. The quantitative estimate of drug-likeness (QED) is 0.510. The van der Waals surface area contributed by atoms with Crippen molar-refractivity contribution >= 4 is 28.8 Å². The molecule has 0 aliphatic carbocycles. The Morgan fingerprint density at radius 2 is 1.79 bits per heavy atom. The minimum atomic E-state index is -0.437. The third-order valence-corrected chi connectivity index (χ3v) is 5.75. The Bertz CT molecular complexity index is 917. The largest absolute Gasteiger partial charge is 0.444 e. The first kappa shape index (κ1) is 20.0. The van der Waals surface area contributed by atoms with E-state index in [4.69, 9.17) is 4.74 Å². The van der Waals surface area contributed by atoms with E-state index in [9.17, 15) is 4.79 Å². The van der Waals surface area contributed by atoms with Crippen LogP contribution >= 0.6 is 11.3 Å². The lowest BCUT2D eigenvalue weighted by Gasteiger charge is -2.22. The number of hydrogen-bond acceptors (Lipinski definition) is 4. The first-order chi connectivity index (χ1) is 13.6. The summed E-state index contributed by atoms with van der Waals surface area (Å²) in [6, 6.07) is 20.3. The highest BCUT2D eigenvalue weighted by Crippen LogP contribution is 2.28. The fourth-order valence-corrected chi connectivity index (χ4v) is 4.00. The van der Waals surface area contributed by atoms with Gasteiger partial charge in [-0.05, 0) is 62.2 Å². The van der Waals surface area contributed by atoms with E-state index in [0.29, 0.717) is 0 Å². The van der Waals surface area contributed by atoms with Crippen LogP contribution in [0.2, 0.25) is 0 Å². The van der Waals surface area contributed by atoms with Gasteiger partial charge in [0, 0.05) is 34.2 Å². The maximum atomic E-state index is 12.2. The van der Waals surface area contributed by atoms with Crippen LogP contribution < -0.4 is 10.2 Å². The standard InChI is InChI=1S/C23H26N2O2S/c1-4-25(5-2)19-11-13-21(17(3)15-19)24-23(26)27-16-20-12-14-22(28-20)18-9-7-6-8-10-18/h6-15H,4-5,16H2,1-3H3,(H,24,26). The molecule has 0 aliphatic rings. The molecule has 146 valence electrons. The van der Waals surface area contributed by atoms with Crippen LogP contribution in [-0.2, 0) is 11.3 Å². The Hall–Kier alpha value is -2.79. The zero-order chi connectivity index (χ0) is 19.9. The van der Waals surface area contributed by atoms with Crippen molar-refractivity contribution in [3.05, 3.63) is 71.1 Å². The SMILES string of the molecule is CCN(CC)c1ccc(NC(=O)OCc2ccc(-c3ccccc3)s2)c(C)c1. The van der Waals surface area contributed by atoms with Gasteiger partial charge in [0.1, 0.15) is 6.61 Å². The molecule has 1 amide bonds. The zero-order valence-electron chi connectivity index (χ0n) is 16.6. The maximum Gasteiger partial charge on any atom is 0.411 e. The van der Waals surface area contributed by atoms with Gasteiger partial charge in [-0.2, -0.15) is 0 Å². The molecule has 0 unspecified atom stereocenters. The average molecular weight is 395 g/mol. The van der Waals surface area contributed by atoms with Crippen LogP contribution in [0.25, 0.3) is 10.4 Å². The van der Waals surface area contributed by atoms with Gasteiger partial charge in [0.2, 0.25) is 0 Å². The van der Waals surface area contributed by atoms with E-state index in [2.05, 4.69) is 48.3 Å². The number of amides is 1.